The third-order valence-electron chi connectivity index (χ3n) is 11.8. The Morgan fingerprint density at radius 2 is 1.14 bits per heavy atom. The van der Waals surface area contributed by atoms with Crippen molar-refractivity contribution >= 4 is 70.5 Å². The van der Waals surface area contributed by atoms with Crippen LogP contribution in [0.4, 0.5) is 17.3 Å². The molecular weight excluding hydrogens is 634 g/mol. The van der Waals surface area contributed by atoms with E-state index in [4.69, 9.17) is 0 Å². The van der Waals surface area contributed by atoms with Gasteiger partial charge in [0.05, 0.1) is 25.0 Å². The molecule has 9 rings (SSSR count). The normalized spacial score (nSPS) is 18.5. The van der Waals surface area contributed by atoms with Gasteiger partial charge in [0.2, 0.25) is 0 Å². The highest BCUT2D eigenvalue weighted by Gasteiger charge is 2.57. The van der Waals surface area contributed by atoms with E-state index in [9.17, 15) is 2.74 Å². The fourth-order valence-electron chi connectivity index (χ4n) is 9.17. The van der Waals surface area contributed by atoms with E-state index in [0.717, 1.165) is 52.0 Å². The maximum absolute atomic E-state index is 17.5. The summed E-state index contributed by atoms with van der Waals surface area (Å²) in [5, 5.41) is 1.94. The maximum Gasteiger partial charge on any atom is 0.737 e. The Morgan fingerprint density at radius 1 is 0.600 bits per heavy atom. The van der Waals surface area contributed by atoms with Crippen LogP contribution in [0, 0.1) is 34.6 Å². The Bertz CT molecular complexity index is 2690. The summed E-state index contributed by atoms with van der Waals surface area (Å²) in [6.45, 7) is 6.18. The van der Waals surface area contributed by atoms with Crippen molar-refractivity contribution in [2.24, 2.45) is 0 Å². The molecule has 0 unspecified atom stereocenters. The van der Waals surface area contributed by atoms with Crippen molar-refractivity contribution in [3.8, 4) is 0 Å². The van der Waals surface area contributed by atoms with E-state index in [0.29, 0.717) is 47.6 Å². The zero-order chi connectivity index (χ0) is 37.1. The van der Waals surface area contributed by atoms with Gasteiger partial charge in [0.25, 0.3) is 0 Å². The molecule has 0 atom stereocenters. The monoisotopic (exact) mass is 676 g/mol. The van der Waals surface area contributed by atoms with Crippen LogP contribution in [0.3, 0.4) is 0 Å². The van der Waals surface area contributed by atoms with E-state index in [1.54, 1.807) is 26.0 Å². The summed E-state index contributed by atoms with van der Waals surface area (Å²) < 4.78 is 93.1. The van der Waals surface area contributed by atoms with Crippen LogP contribution in [-0.4, -0.2) is 43.3 Å². The first-order valence-corrected chi connectivity index (χ1v) is 17.8. The first kappa shape index (κ1) is 29.2. The van der Waals surface area contributed by atoms with Crippen LogP contribution in [0.25, 0.3) is 45.1 Å². The van der Waals surface area contributed by atoms with Gasteiger partial charge in [0.15, 0.2) is 11.4 Å². The molecule has 0 N–H and O–H groups in total. The van der Waals surface area contributed by atoms with Crippen LogP contribution >= 0.6 is 0 Å². The van der Waals surface area contributed by atoms with Gasteiger partial charge >= 0.3 is 13.9 Å². The summed E-state index contributed by atoms with van der Waals surface area (Å²) in [6.07, 6.45) is 5.37. The number of rotatable bonds is 4. The number of hydrogen-bond acceptors (Lipinski definition) is 0. The Hall–Kier alpha value is -4.59. The molecule has 50 heavy (non-hydrogen) atoms. The van der Waals surface area contributed by atoms with Gasteiger partial charge in [0, 0.05) is 58.4 Å². The number of nitrogens with zero attached hydrogens (tertiary/aromatic N) is 4. The van der Waals surface area contributed by atoms with Crippen LogP contribution in [0.1, 0.15) is 110 Å². The lowest BCUT2D eigenvalue weighted by Crippen LogP contribution is -2.50. The Labute approximate surface area is 292 Å². The Morgan fingerprint density at radius 3 is 1.80 bits per heavy atom. The van der Waals surface area contributed by atoms with Gasteiger partial charge in [-0.2, -0.15) is 0 Å². The van der Waals surface area contributed by atoms with Crippen molar-refractivity contribution in [1.82, 2.24) is 8.96 Å². The minimum absolute atomic E-state index is 0.0890. The van der Waals surface area contributed by atoms with Crippen molar-refractivity contribution < 1.29 is 29.0 Å². The summed E-state index contributed by atoms with van der Waals surface area (Å²) >= 11 is 0. The average Bonchev–Trinajstić information content (AvgIpc) is 3.75. The van der Waals surface area contributed by atoms with E-state index >= 15 is 17.3 Å². The highest BCUT2D eigenvalue weighted by Crippen LogP contribution is 2.48. The summed E-state index contributed by atoms with van der Waals surface area (Å²) in [5.74, 6) is 0. The van der Waals surface area contributed by atoms with Crippen LogP contribution in [0.2, 0.25) is 0 Å². The molecule has 6 heterocycles. The number of aryl methyl sites for hydroxylation is 6. The van der Waals surface area contributed by atoms with Crippen LogP contribution in [0.5, 0.6) is 0 Å². The maximum atomic E-state index is 17.5. The molecule has 0 fully saturated rings. The van der Waals surface area contributed by atoms with Crippen LogP contribution in [0.15, 0.2) is 36.4 Å². The van der Waals surface area contributed by atoms with E-state index in [1.165, 1.54) is 4.48 Å². The quantitative estimate of drug-likeness (QED) is 0.133. The molecule has 0 bridgehead atoms. The van der Waals surface area contributed by atoms with E-state index in [1.807, 2.05) is 65.8 Å². The smallest absolute Gasteiger partial charge is 0.393 e. The topological polar surface area (TPSA) is 15.9 Å². The average molecular weight is 676 g/mol. The first-order chi connectivity index (χ1) is 24.6. The lowest BCUT2D eigenvalue weighted by atomic mass is 9.89. The lowest BCUT2D eigenvalue weighted by molar-refractivity contribution is -0.319. The summed E-state index contributed by atoms with van der Waals surface area (Å²) in [4.78, 5) is 0. The molecule has 4 aliphatic heterocycles. The molecule has 5 aromatic rings. The SMILES string of the molecule is [2H]c1c2c(c([2H])c3c4n(c(C)c13)[B-](F)(F)[N+]1=C(C)c3cc(C)c(C)cc3C1=C4)C(CCC)=[N+]1C2=Cc2c3cc(C)c(C)cc3c(CCC)n2[B-]1(F)F. The van der Waals surface area contributed by atoms with Crippen molar-refractivity contribution in [3.05, 3.63) is 104 Å². The molecule has 0 radical (unpaired) electrons. The molecule has 0 saturated carbocycles. The Kier molecular flexibility index (Phi) is 5.84. The predicted octanol–water partition coefficient (Wildman–Crippen LogP) is 10.0. The molecule has 0 amide bonds. The van der Waals surface area contributed by atoms with Gasteiger partial charge in [-0.1, -0.05) is 20.3 Å². The van der Waals surface area contributed by atoms with Gasteiger partial charge in [-0.3, -0.25) is 0 Å². The lowest BCUT2D eigenvalue weighted by Gasteiger charge is -2.31. The highest BCUT2D eigenvalue weighted by atomic mass is 19.3. The number of benzene rings is 3. The van der Waals surface area contributed by atoms with Crippen LogP contribution in [-0.2, 0) is 6.42 Å². The molecule has 3 aromatic carbocycles. The third kappa shape index (κ3) is 3.69. The minimum Gasteiger partial charge on any atom is -0.393 e. The third-order valence-corrected chi connectivity index (χ3v) is 11.8. The molecule has 10 heteroatoms. The molecule has 254 valence electrons. The van der Waals surface area contributed by atoms with Crippen molar-refractivity contribution in [3.63, 3.8) is 0 Å². The molecule has 0 saturated heterocycles. The van der Waals surface area contributed by atoms with Crippen LogP contribution < -0.4 is 0 Å². The van der Waals surface area contributed by atoms with E-state index < -0.39 is 13.9 Å². The second-order valence-electron chi connectivity index (χ2n) is 14.8. The van der Waals surface area contributed by atoms with E-state index in [2.05, 4.69) is 0 Å². The van der Waals surface area contributed by atoms with E-state index in [-0.39, 0.29) is 63.2 Å². The van der Waals surface area contributed by atoms with Gasteiger partial charge < -0.3 is 35.2 Å². The number of aromatic nitrogens is 2. The standard InChI is InChI=1S/C40H40B2F4N4/c1-9-11-35-30-15-23(5)24(6)16-31(30)39-20-40-34-17-28-26(8)48-38(32(28)18-33(34)36(12-10-2)50(40)42(45,46)49(35)39)19-37-29-14-22(4)21(3)13-27(29)25(7)47(37)41(48,43)44/h13-20H,9-12H2,1-8H3/i17D,18D. The molecule has 0 aliphatic carbocycles. The van der Waals surface area contributed by atoms with Gasteiger partial charge in [-0.25, -0.2) is 0 Å². The van der Waals surface area contributed by atoms with Crippen molar-refractivity contribution in [2.45, 2.75) is 81.1 Å². The van der Waals surface area contributed by atoms with Gasteiger partial charge in [0.1, 0.15) is 11.4 Å². The summed E-state index contributed by atoms with van der Waals surface area (Å²) in [6, 6.07) is 7.66. The van der Waals surface area contributed by atoms with Gasteiger partial charge in [-0.15, -0.1) is 0 Å². The Balaban J connectivity index is 1.39. The second kappa shape index (κ2) is 10.0. The molecule has 2 aromatic heterocycles. The number of halogens is 4. The predicted molar refractivity (Wildman–Crippen MR) is 200 cm³/mol. The summed E-state index contributed by atoms with van der Waals surface area (Å²) in [5.41, 5.74) is 8.42. The number of hydrogen-bond donors (Lipinski definition) is 0. The van der Waals surface area contributed by atoms with Crippen molar-refractivity contribution in [2.75, 3.05) is 0 Å². The molecule has 4 nitrogen and oxygen atoms in total. The largest absolute Gasteiger partial charge is 0.737 e. The summed E-state index contributed by atoms with van der Waals surface area (Å²) in [7, 11) is 0. The van der Waals surface area contributed by atoms with Crippen molar-refractivity contribution in [1.29, 1.82) is 0 Å². The fourth-order valence-corrected chi connectivity index (χ4v) is 9.17. The van der Waals surface area contributed by atoms with Gasteiger partial charge in [-0.05, 0) is 117 Å². The molecular formula is C40H40B2F4N4. The zero-order valence-electron chi connectivity index (χ0n) is 31.7. The second-order valence-corrected chi connectivity index (χ2v) is 14.8. The molecule has 4 aliphatic rings. The zero-order valence-corrected chi connectivity index (χ0v) is 29.7. The fraction of sp³-hybridized carbons (Fsp3) is 0.300. The minimum atomic E-state index is -4.45. The highest BCUT2D eigenvalue weighted by molar-refractivity contribution is 6.60. The molecule has 0 spiro atoms. The first-order valence-electron chi connectivity index (χ1n) is 18.8. The number of fused-ring (bicyclic) bond motifs is 12.